The summed E-state index contributed by atoms with van der Waals surface area (Å²) in [5.41, 5.74) is 1.82. The quantitative estimate of drug-likeness (QED) is 0.757. The van der Waals surface area contributed by atoms with E-state index in [0.717, 1.165) is 30.5 Å². The van der Waals surface area contributed by atoms with Crippen LogP contribution < -0.4 is 4.90 Å². The summed E-state index contributed by atoms with van der Waals surface area (Å²) in [6, 6.07) is 5.19. The molecule has 25 heavy (non-hydrogen) atoms. The first-order valence-electron chi connectivity index (χ1n) is 9.08. The number of rotatable bonds is 5. The van der Waals surface area contributed by atoms with Crippen LogP contribution in [0, 0.1) is 5.92 Å². The van der Waals surface area contributed by atoms with Crippen LogP contribution in [0.4, 0.5) is 5.69 Å². The molecular formula is C19H26N2O3S. The molecule has 1 amide bonds. The first-order chi connectivity index (χ1) is 12.0. The van der Waals surface area contributed by atoms with Crippen molar-refractivity contribution in [3.63, 3.8) is 0 Å². The monoisotopic (exact) mass is 362 g/mol. The second-order valence-corrected chi connectivity index (χ2v) is 8.54. The van der Waals surface area contributed by atoms with Crippen molar-refractivity contribution in [2.45, 2.75) is 44.4 Å². The molecule has 0 aromatic heterocycles. The van der Waals surface area contributed by atoms with Gasteiger partial charge in [0.1, 0.15) is 0 Å². The number of anilines is 1. The van der Waals surface area contributed by atoms with Gasteiger partial charge < -0.3 is 4.90 Å². The van der Waals surface area contributed by atoms with E-state index in [9.17, 15) is 13.2 Å². The lowest BCUT2D eigenvalue weighted by Gasteiger charge is -2.25. The summed E-state index contributed by atoms with van der Waals surface area (Å²) >= 11 is 0. The van der Waals surface area contributed by atoms with E-state index in [0.29, 0.717) is 31.0 Å². The normalized spacial score (nSPS) is 20.1. The van der Waals surface area contributed by atoms with Crippen LogP contribution in [0.15, 0.2) is 35.2 Å². The highest BCUT2D eigenvalue weighted by molar-refractivity contribution is 7.89. The number of fused-ring (bicyclic) bond motifs is 1. The molecule has 5 nitrogen and oxygen atoms in total. The number of carbonyl (C=O) groups is 1. The van der Waals surface area contributed by atoms with Gasteiger partial charge in [-0.3, -0.25) is 4.79 Å². The molecule has 0 saturated heterocycles. The van der Waals surface area contributed by atoms with Crippen LogP contribution in [-0.4, -0.2) is 38.3 Å². The predicted octanol–water partition coefficient (Wildman–Crippen LogP) is 2.96. The first-order valence-corrected chi connectivity index (χ1v) is 10.5. The van der Waals surface area contributed by atoms with Gasteiger partial charge in [-0.1, -0.05) is 26.0 Å². The molecule has 0 fully saturated rings. The maximum atomic E-state index is 12.8. The lowest BCUT2D eigenvalue weighted by atomic mass is 9.93. The average Bonchev–Trinajstić information content (AvgIpc) is 3.06. The van der Waals surface area contributed by atoms with Crippen molar-refractivity contribution >= 4 is 21.6 Å². The number of nitrogens with zero attached hydrogens (tertiary/aromatic N) is 2. The fraction of sp³-hybridized carbons (Fsp3) is 0.526. The zero-order chi connectivity index (χ0) is 18.0. The minimum absolute atomic E-state index is 0.0510. The number of benzene rings is 1. The molecule has 1 aliphatic heterocycles. The first kappa shape index (κ1) is 18.1. The molecule has 136 valence electrons. The highest BCUT2D eigenvalue weighted by Gasteiger charge is 2.31. The van der Waals surface area contributed by atoms with Crippen molar-refractivity contribution in [1.29, 1.82) is 0 Å². The Kier molecular flexibility index (Phi) is 5.29. The predicted molar refractivity (Wildman–Crippen MR) is 99.1 cm³/mol. The van der Waals surface area contributed by atoms with Crippen LogP contribution in [0.2, 0.25) is 0 Å². The summed E-state index contributed by atoms with van der Waals surface area (Å²) in [6.45, 7) is 5.23. The number of hydrogen-bond acceptors (Lipinski definition) is 3. The Bertz CT molecular complexity index is 782. The molecule has 1 atom stereocenters. The minimum Gasteiger partial charge on any atom is -0.312 e. The zero-order valence-electron chi connectivity index (χ0n) is 14.9. The van der Waals surface area contributed by atoms with E-state index in [1.807, 2.05) is 18.7 Å². The second kappa shape index (κ2) is 7.30. The van der Waals surface area contributed by atoms with E-state index in [1.165, 1.54) is 4.31 Å². The minimum atomic E-state index is -3.46. The Morgan fingerprint density at radius 3 is 2.64 bits per heavy atom. The van der Waals surface area contributed by atoms with Gasteiger partial charge in [0.15, 0.2) is 0 Å². The second-order valence-electron chi connectivity index (χ2n) is 6.60. The van der Waals surface area contributed by atoms with Crippen LogP contribution in [0.25, 0.3) is 0 Å². The van der Waals surface area contributed by atoms with Crippen molar-refractivity contribution < 1.29 is 13.2 Å². The third kappa shape index (κ3) is 3.37. The van der Waals surface area contributed by atoms with E-state index >= 15 is 0 Å². The fourth-order valence-electron chi connectivity index (χ4n) is 3.72. The van der Waals surface area contributed by atoms with E-state index in [-0.39, 0.29) is 11.8 Å². The van der Waals surface area contributed by atoms with Gasteiger partial charge in [0.25, 0.3) is 0 Å². The number of sulfonamides is 1. The molecule has 2 aliphatic rings. The summed E-state index contributed by atoms with van der Waals surface area (Å²) in [7, 11) is -3.46. The van der Waals surface area contributed by atoms with Crippen molar-refractivity contribution in [1.82, 2.24) is 4.31 Å². The standard InChI is InChI=1S/C19H26N2O3S/c1-3-20(4-2)25(23,24)17-10-11-18-16(14-17)12-13-21(18)19(22)15-8-6-5-7-9-15/h5-6,10-11,14-15H,3-4,7-9,12-13H2,1-2H3. The number of hydrogen-bond donors (Lipinski definition) is 0. The van der Waals surface area contributed by atoms with Gasteiger partial charge in [0.2, 0.25) is 15.9 Å². The summed E-state index contributed by atoms with van der Waals surface area (Å²) in [5.74, 6) is 0.220. The molecule has 6 heteroatoms. The maximum Gasteiger partial charge on any atom is 0.243 e. The smallest absolute Gasteiger partial charge is 0.243 e. The molecule has 1 aliphatic carbocycles. The molecule has 1 aromatic rings. The highest BCUT2D eigenvalue weighted by Crippen LogP contribution is 2.33. The van der Waals surface area contributed by atoms with Crippen LogP contribution >= 0.6 is 0 Å². The fourth-order valence-corrected chi connectivity index (χ4v) is 5.23. The maximum absolute atomic E-state index is 12.8. The molecule has 1 unspecified atom stereocenters. The van der Waals surface area contributed by atoms with Crippen molar-refractivity contribution in [2.24, 2.45) is 5.92 Å². The van der Waals surface area contributed by atoms with E-state index in [1.54, 1.807) is 18.2 Å². The zero-order valence-corrected chi connectivity index (χ0v) is 15.8. The van der Waals surface area contributed by atoms with Gasteiger partial charge in [0.05, 0.1) is 4.90 Å². The third-order valence-corrected chi connectivity index (χ3v) is 7.22. The van der Waals surface area contributed by atoms with Crippen molar-refractivity contribution in [2.75, 3.05) is 24.5 Å². The summed E-state index contributed by atoms with van der Waals surface area (Å²) in [4.78, 5) is 15.0. The highest BCUT2D eigenvalue weighted by atomic mass is 32.2. The Balaban J connectivity index is 1.86. The molecule has 3 rings (SSSR count). The van der Waals surface area contributed by atoms with Gasteiger partial charge in [-0.25, -0.2) is 8.42 Å². The Morgan fingerprint density at radius 1 is 1.24 bits per heavy atom. The molecule has 0 bridgehead atoms. The van der Waals surface area contributed by atoms with Gasteiger partial charge in [0, 0.05) is 31.2 Å². The molecule has 0 spiro atoms. The Morgan fingerprint density at radius 2 is 2.00 bits per heavy atom. The lowest BCUT2D eigenvalue weighted by molar-refractivity contribution is -0.122. The SMILES string of the molecule is CCN(CC)S(=O)(=O)c1ccc2c(c1)CCN2C(=O)C1CC=CCC1. The average molecular weight is 362 g/mol. The largest absolute Gasteiger partial charge is 0.312 e. The molecule has 0 saturated carbocycles. The third-order valence-electron chi connectivity index (χ3n) is 5.17. The van der Waals surface area contributed by atoms with E-state index < -0.39 is 10.0 Å². The summed E-state index contributed by atoms with van der Waals surface area (Å²) in [6.07, 6.45) is 7.59. The van der Waals surface area contributed by atoms with Gasteiger partial charge in [-0.05, 0) is 49.4 Å². The summed E-state index contributed by atoms with van der Waals surface area (Å²) < 4.78 is 26.8. The van der Waals surface area contributed by atoms with Crippen LogP contribution in [0.5, 0.6) is 0 Å². The van der Waals surface area contributed by atoms with Crippen LogP contribution in [0.1, 0.15) is 38.7 Å². The van der Waals surface area contributed by atoms with Crippen LogP contribution in [-0.2, 0) is 21.2 Å². The Hall–Kier alpha value is -1.66. The molecule has 1 heterocycles. The molecule has 0 N–H and O–H groups in total. The van der Waals surface area contributed by atoms with Gasteiger partial charge >= 0.3 is 0 Å². The number of allylic oxidation sites excluding steroid dienone is 2. The lowest BCUT2D eigenvalue weighted by Crippen LogP contribution is -2.35. The van der Waals surface area contributed by atoms with Gasteiger partial charge in [-0.15, -0.1) is 0 Å². The van der Waals surface area contributed by atoms with Crippen LogP contribution in [0.3, 0.4) is 0 Å². The van der Waals surface area contributed by atoms with E-state index in [4.69, 9.17) is 0 Å². The van der Waals surface area contributed by atoms with Crippen molar-refractivity contribution in [3.05, 3.63) is 35.9 Å². The molecular weight excluding hydrogens is 336 g/mol. The van der Waals surface area contributed by atoms with Crippen molar-refractivity contribution in [3.8, 4) is 0 Å². The topological polar surface area (TPSA) is 57.7 Å². The molecule has 1 aromatic carbocycles. The molecule has 0 radical (unpaired) electrons. The number of carbonyl (C=O) groups excluding carboxylic acids is 1. The number of amides is 1. The van der Waals surface area contributed by atoms with Gasteiger partial charge in [-0.2, -0.15) is 4.31 Å². The van der Waals surface area contributed by atoms with E-state index in [2.05, 4.69) is 12.2 Å². The summed E-state index contributed by atoms with van der Waals surface area (Å²) in [5, 5.41) is 0. The Labute approximate surface area is 150 Å².